The second kappa shape index (κ2) is 9.88. The zero-order valence-corrected chi connectivity index (χ0v) is 19.2. The van der Waals surface area contributed by atoms with Gasteiger partial charge in [0.25, 0.3) is 5.91 Å². The minimum Gasteiger partial charge on any atom is -0.465 e. The molecule has 0 spiro atoms. The number of nitrogens with one attached hydrogen (secondary N) is 2. The van der Waals surface area contributed by atoms with E-state index in [1.54, 1.807) is 37.3 Å². The predicted octanol–water partition coefficient (Wildman–Crippen LogP) is 3.34. The number of ether oxygens (including phenoxy) is 3. The van der Waals surface area contributed by atoms with E-state index in [0.29, 0.717) is 32.8 Å². The maximum Gasteiger partial charge on any atom is 0.350 e. The summed E-state index contributed by atoms with van der Waals surface area (Å²) in [6, 6.07) is 8.34. The van der Waals surface area contributed by atoms with Gasteiger partial charge in [-0.3, -0.25) is 14.9 Å². The highest BCUT2D eigenvalue weighted by Gasteiger charge is 2.20. The quantitative estimate of drug-likeness (QED) is 0.381. The molecule has 2 N–H and O–H groups in total. The monoisotopic (exact) mass is 486 g/mol. The maximum absolute atomic E-state index is 12.8. The summed E-state index contributed by atoms with van der Waals surface area (Å²) < 4.78 is 15.3. The molecule has 0 saturated carbocycles. The number of carbonyl (C=O) groups excluding carboxylic acids is 3. The number of benzene rings is 1. The smallest absolute Gasteiger partial charge is 0.350 e. The fourth-order valence-electron chi connectivity index (χ4n) is 2.88. The van der Waals surface area contributed by atoms with Gasteiger partial charge in [0.2, 0.25) is 12.7 Å². The van der Waals surface area contributed by atoms with Crippen LogP contribution in [0, 0.1) is 6.92 Å². The number of aryl methyl sites for hydroxylation is 1. The normalized spacial score (nSPS) is 11.7. The molecule has 170 valence electrons. The van der Waals surface area contributed by atoms with Gasteiger partial charge < -0.3 is 19.5 Å². The van der Waals surface area contributed by atoms with Crippen molar-refractivity contribution >= 4 is 51.7 Å². The van der Waals surface area contributed by atoms with E-state index in [2.05, 4.69) is 20.6 Å². The van der Waals surface area contributed by atoms with E-state index in [9.17, 15) is 14.4 Å². The van der Waals surface area contributed by atoms with Crippen molar-refractivity contribution in [3.63, 3.8) is 0 Å². The molecule has 3 aromatic rings. The molecule has 1 aliphatic heterocycles. The second-order valence-electron chi connectivity index (χ2n) is 6.64. The van der Waals surface area contributed by atoms with Crippen molar-refractivity contribution in [1.29, 1.82) is 0 Å². The van der Waals surface area contributed by atoms with Crippen molar-refractivity contribution in [1.82, 2.24) is 9.97 Å². The number of hydrogen-bond acceptors (Lipinski definition) is 10. The molecule has 0 atom stereocenters. The molecule has 0 radical (unpaired) electrons. The van der Waals surface area contributed by atoms with Crippen LogP contribution >= 0.6 is 23.1 Å². The van der Waals surface area contributed by atoms with Gasteiger partial charge in [-0.15, -0.1) is 0 Å². The first kappa shape index (κ1) is 22.6. The van der Waals surface area contributed by atoms with Crippen LogP contribution in [0.1, 0.15) is 25.7 Å². The van der Waals surface area contributed by atoms with E-state index >= 15 is 0 Å². The standard InChI is InChI=1S/C21H18N4O6S2/c1-11-17(20(28)29-2)33-21(23-11)25-18(27)13-4-3-7-22-19(13)32-9-16(26)24-12-5-6-14-15(8-12)31-10-30-14/h3-8H,9-10H2,1-2H3,(H,24,26)(H,23,25,27). The van der Waals surface area contributed by atoms with Gasteiger partial charge in [0.1, 0.15) is 9.90 Å². The second-order valence-corrected chi connectivity index (χ2v) is 8.60. The lowest BCUT2D eigenvalue weighted by atomic mass is 10.3. The molecule has 0 unspecified atom stereocenters. The van der Waals surface area contributed by atoms with E-state index in [-0.39, 0.29) is 29.1 Å². The molecule has 33 heavy (non-hydrogen) atoms. The van der Waals surface area contributed by atoms with Gasteiger partial charge in [-0.05, 0) is 31.2 Å². The largest absolute Gasteiger partial charge is 0.465 e. The Labute approximate surface area is 196 Å². The van der Waals surface area contributed by atoms with Crippen molar-refractivity contribution in [3.8, 4) is 11.5 Å². The third-order valence-electron chi connectivity index (χ3n) is 4.40. The number of fused-ring (bicyclic) bond motifs is 1. The van der Waals surface area contributed by atoms with Crippen LogP contribution in [0.4, 0.5) is 10.8 Å². The fraction of sp³-hybridized carbons (Fsp3) is 0.190. The summed E-state index contributed by atoms with van der Waals surface area (Å²) >= 11 is 2.15. The summed E-state index contributed by atoms with van der Waals surface area (Å²) in [4.78, 5) is 45.7. The van der Waals surface area contributed by atoms with Gasteiger partial charge in [0.15, 0.2) is 16.6 Å². The Bertz CT molecular complexity index is 1230. The highest BCUT2D eigenvalue weighted by Crippen LogP contribution is 2.34. The molecule has 2 amide bonds. The molecule has 3 heterocycles. The highest BCUT2D eigenvalue weighted by atomic mass is 32.2. The first-order chi connectivity index (χ1) is 15.9. The van der Waals surface area contributed by atoms with Crippen LogP contribution in [0.15, 0.2) is 41.6 Å². The molecule has 0 fully saturated rings. The Balaban J connectivity index is 1.39. The molecule has 0 bridgehead atoms. The average Bonchev–Trinajstić information content (AvgIpc) is 3.43. The van der Waals surface area contributed by atoms with E-state index in [4.69, 9.17) is 14.2 Å². The van der Waals surface area contributed by atoms with Gasteiger partial charge >= 0.3 is 5.97 Å². The molecular weight excluding hydrogens is 468 g/mol. The number of nitrogens with zero attached hydrogens (tertiary/aromatic N) is 2. The number of thioether (sulfide) groups is 1. The number of esters is 1. The Morgan fingerprint density at radius 1 is 1.18 bits per heavy atom. The Morgan fingerprint density at radius 2 is 2.00 bits per heavy atom. The van der Waals surface area contributed by atoms with Crippen molar-refractivity contribution in [3.05, 3.63) is 52.7 Å². The first-order valence-electron chi connectivity index (χ1n) is 9.59. The summed E-state index contributed by atoms with van der Waals surface area (Å²) in [5.74, 6) is -0.00978. The number of carbonyl (C=O) groups is 3. The molecule has 0 aliphatic carbocycles. The highest BCUT2D eigenvalue weighted by molar-refractivity contribution is 8.00. The van der Waals surface area contributed by atoms with Crippen LogP contribution in [0.2, 0.25) is 0 Å². The molecule has 0 saturated heterocycles. The number of amides is 2. The number of anilines is 2. The van der Waals surface area contributed by atoms with Crippen LogP contribution in [0.3, 0.4) is 0 Å². The third-order valence-corrected chi connectivity index (χ3v) is 6.46. The molecule has 1 aliphatic rings. The van der Waals surface area contributed by atoms with E-state index in [1.165, 1.54) is 13.3 Å². The fourth-order valence-corrected chi connectivity index (χ4v) is 4.55. The molecule has 2 aromatic heterocycles. The number of pyridine rings is 1. The van der Waals surface area contributed by atoms with Gasteiger partial charge in [-0.2, -0.15) is 0 Å². The zero-order chi connectivity index (χ0) is 23.4. The van der Waals surface area contributed by atoms with Gasteiger partial charge in [0, 0.05) is 18.0 Å². The lowest BCUT2D eigenvalue weighted by Crippen LogP contribution is -2.16. The molecule has 12 heteroatoms. The number of thiazole rings is 1. The summed E-state index contributed by atoms with van der Waals surface area (Å²) in [7, 11) is 1.28. The van der Waals surface area contributed by atoms with Crippen molar-refractivity contribution in [2.24, 2.45) is 0 Å². The lowest BCUT2D eigenvalue weighted by molar-refractivity contribution is -0.113. The Kier molecular flexibility index (Phi) is 6.75. The van der Waals surface area contributed by atoms with Gasteiger partial charge in [0.05, 0.1) is 24.1 Å². The van der Waals surface area contributed by atoms with Crippen LogP contribution in [-0.4, -0.2) is 47.4 Å². The average molecular weight is 487 g/mol. The predicted molar refractivity (Wildman–Crippen MR) is 122 cm³/mol. The molecule has 1 aromatic carbocycles. The topological polar surface area (TPSA) is 129 Å². The summed E-state index contributed by atoms with van der Waals surface area (Å²) in [5.41, 5.74) is 1.32. The Hall–Kier alpha value is -3.64. The summed E-state index contributed by atoms with van der Waals surface area (Å²) in [6.07, 6.45) is 1.54. The van der Waals surface area contributed by atoms with E-state index < -0.39 is 11.9 Å². The van der Waals surface area contributed by atoms with E-state index in [0.717, 1.165) is 23.1 Å². The van der Waals surface area contributed by atoms with Crippen molar-refractivity contribution < 1.29 is 28.6 Å². The van der Waals surface area contributed by atoms with Crippen LogP contribution in [0.25, 0.3) is 0 Å². The Morgan fingerprint density at radius 3 is 2.82 bits per heavy atom. The number of hydrogen-bond donors (Lipinski definition) is 2. The first-order valence-corrected chi connectivity index (χ1v) is 11.4. The maximum atomic E-state index is 12.8. The minimum absolute atomic E-state index is 0.0363. The molecule has 4 rings (SSSR count). The summed E-state index contributed by atoms with van der Waals surface area (Å²) in [5, 5.41) is 6.10. The van der Waals surface area contributed by atoms with E-state index in [1.807, 2.05) is 0 Å². The summed E-state index contributed by atoms with van der Waals surface area (Å²) in [6.45, 7) is 1.81. The van der Waals surface area contributed by atoms with Crippen molar-refractivity contribution in [2.45, 2.75) is 11.9 Å². The molecule has 10 nitrogen and oxygen atoms in total. The number of aromatic nitrogens is 2. The van der Waals surface area contributed by atoms with Gasteiger partial charge in [-0.25, -0.2) is 14.8 Å². The number of rotatable bonds is 7. The van der Waals surface area contributed by atoms with Crippen molar-refractivity contribution in [2.75, 3.05) is 30.3 Å². The molecular formula is C21H18N4O6S2. The van der Waals surface area contributed by atoms with Crippen LogP contribution < -0.4 is 20.1 Å². The van der Waals surface area contributed by atoms with Crippen LogP contribution in [-0.2, 0) is 9.53 Å². The van der Waals surface area contributed by atoms with Gasteiger partial charge in [-0.1, -0.05) is 23.1 Å². The zero-order valence-electron chi connectivity index (χ0n) is 17.5. The lowest BCUT2D eigenvalue weighted by Gasteiger charge is -2.08. The number of methoxy groups -OCH3 is 1. The third kappa shape index (κ3) is 5.23. The SMILES string of the molecule is COC(=O)c1sc(NC(=O)c2cccnc2SCC(=O)Nc2ccc3c(c2)OCO3)nc1C. The van der Waals surface area contributed by atoms with Crippen LogP contribution in [0.5, 0.6) is 11.5 Å². The minimum atomic E-state index is -0.517.